The molecule has 0 saturated carbocycles. The summed E-state index contributed by atoms with van der Waals surface area (Å²) < 4.78 is 18.2. The Morgan fingerprint density at radius 3 is 1.52 bits per heavy atom. The second kappa shape index (κ2) is 62.6. The number of likely N-dealkylation sites (tertiary alicyclic amines) is 1. The highest BCUT2D eigenvalue weighted by molar-refractivity contribution is 6.13. The molecule has 2 aliphatic rings. The molecule has 20 N–H and O–H groups in total. The molecule has 21 atom stereocenters. The number of hydrogen-bond acceptors (Lipinski definition) is 32. The number of unbranched alkanes of at least 4 members (excludes halogenated alkanes) is 2. The zero-order valence-corrected chi connectivity index (χ0v) is 87.8. The third-order valence-electron chi connectivity index (χ3n) is 26.3. The lowest BCUT2D eigenvalue weighted by Gasteiger charge is -2.41. The van der Waals surface area contributed by atoms with Crippen LogP contribution in [-0.2, 0) is 86.1 Å². The fourth-order valence-corrected chi connectivity index (χ4v) is 17.0. The van der Waals surface area contributed by atoms with Crippen LogP contribution in [0.4, 0.5) is 15.3 Å². The van der Waals surface area contributed by atoms with Gasteiger partial charge in [-0.3, -0.25) is 86.6 Å². The molecular formula is C98H160N18O31. The first-order chi connectivity index (χ1) is 69.0. The minimum atomic E-state index is -2.09. The first-order valence-corrected chi connectivity index (χ1v) is 49.4. The quantitative estimate of drug-likeness (QED) is 0.0218. The Balaban J connectivity index is 1.61. The number of urea groups is 1. The number of likely N-dealkylation sites (N-methyl/N-ethyl adjacent to an activating group) is 7. The molecule has 147 heavy (non-hydrogen) atoms. The van der Waals surface area contributed by atoms with E-state index in [1.165, 1.54) is 105 Å². The monoisotopic (exact) mass is 2090 g/mol. The highest BCUT2D eigenvalue weighted by atomic mass is 16.6. The molecule has 1 fully saturated rings. The summed E-state index contributed by atoms with van der Waals surface area (Å²) in [7, 11) is 11.7. The molecule has 2 aromatic rings. The molecule has 0 spiro atoms. The first kappa shape index (κ1) is 128. The SMILES string of the molecule is CC[C@H](C)[C@@H]([C@@H](CC(=O)N1CCC[C@H]1[C@H](OC)[C@@H](C)C(=O)N[C@H](C)[C@@H](O)c1ccccc1)OC)N(C)C(=O)[C@@H](NC(=O)[C@H](C(C)C)N(C)C(=O)OC(C(=O)N(C)CC(=O)N(C)CC(=O)N(C)CC(=O)N(C)CC(=O)N(C)CC(=O)NCCN(C[C@H](O)[C@@H](O)[C@H](O)[C@H](O)CO)C[C@H](O)[C@@H](O)[C@H](O)[C@H](O)CO)c1ccc(NC(=O)[C@H](CCCNC(N)=O)NC(=O)[C@@H](NC(=O)CCCCCN2C(=O)C=CC2=O)C(C)C)cc1)C(C)C. The Kier molecular flexibility index (Phi) is 54.4. The van der Waals surface area contributed by atoms with Gasteiger partial charge in [-0.15, -0.1) is 0 Å². The van der Waals surface area contributed by atoms with E-state index in [0.29, 0.717) is 50.6 Å². The van der Waals surface area contributed by atoms with E-state index >= 15 is 19.2 Å². The number of benzene rings is 2. The van der Waals surface area contributed by atoms with E-state index in [0.717, 1.165) is 39.2 Å². The van der Waals surface area contributed by atoms with Gasteiger partial charge in [-0.2, -0.15) is 0 Å². The normalized spacial score (nSPS) is 17.2. The smallest absolute Gasteiger partial charge is 0.411 e. The Labute approximate surface area is 858 Å². The molecule has 18 amide bonds. The van der Waals surface area contributed by atoms with Crippen molar-refractivity contribution in [2.75, 3.05) is 161 Å². The van der Waals surface area contributed by atoms with Crippen molar-refractivity contribution >= 4 is 106 Å². The zero-order chi connectivity index (χ0) is 111. The van der Waals surface area contributed by atoms with Crippen LogP contribution in [0.3, 0.4) is 0 Å². The van der Waals surface area contributed by atoms with Gasteiger partial charge in [0.1, 0.15) is 60.8 Å². The molecule has 2 aliphatic heterocycles. The van der Waals surface area contributed by atoms with Gasteiger partial charge in [-0.1, -0.05) is 118 Å². The molecule has 1 unspecified atom stereocenters. The van der Waals surface area contributed by atoms with Crippen molar-refractivity contribution in [2.45, 2.75) is 249 Å². The maximum Gasteiger partial charge on any atom is 0.411 e. The average Bonchev–Trinajstić information content (AvgIpc) is 1.68. The van der Waals surface area contributed by atoms with E-state index in [1.54, 1.807) is 84.6 Å². The highest BCUT2D eigenvalue weighted by Gasteiger charge is 2.46. The van der Waals surface area contributed by atoms with E-state index in [9.17, 15) is 119 Å². The van der Waals surface area contributed by atoms with E-state index in [1.807, 2.05) is 19.9 Å². The Bertz CT molecular complexity index is 4610. The summed E-state index contributed by atoms with van der Waals surface area (Å²) in [5.74, 6) is -13.3. The molecule has 828 valence electrons. The maximum absolute atomic E-state index is 15.3. The summed E-state index contributed by atoms with van der Waals surface area (Å²) in [5.41, 5.74) is 5.88. The second-order valence-electron chi connectivity index (χ2n) is 38.8. The molecular weight excluding hydrogens is 1930 g/mol. The predicted octanol–water partition coefficient (Wildman–Crippen LogP) is -4.80. The number of primary amides is 1. The van der Waals surface area contributed by atoms with Gasteiger partial charge in [0, 0.05) is 139 Å². The molecule has 1 saturated heterocycles. The number of nitrogens with zero attached hydrogens (tertiary/aromatic N) is 10. The van der Waals surface area contributed by atoms with E-state index in [-0.39, 0.29) is 74.9 Å². The number of hydrogen-bond donors (Lipinski definition) is 19. The molecule has 2 aromatic carbocycles. The van der Waals surface area contributed by atoms with Crippen LogP contribution >= 0.6 is 0 Å². The summed E-state index contributed by atoms with van der Waals surface area (Å²) in [6.07, 6.45) is -17.0. The van der Waals surface area contributed by atoms with Crippen molar-refractivity contribution in [3.8, 4) is 0 Å². The molecule has 49 nitrogen and oxygen atoms in total. The Morgan fingerprint density at radius 2 is 1.03 bits per heavy atom. The van der Waals surface area contributed by atoms with Gasteiger partial charge in [0.15, 0.2) is 0 Å². The number of ether oxygens (including phenoxy) is 3. The van der Waals surface area contributed by atoms with Crippen LogP contribution in [-0.4, -0.2) is 465 Å². The lowest BCUT2D eigenvalue weighted by atomic mass is 9.89. The van der Waals surface area contributed by atoms with E-state index < -0.39 is 293 Å². The van der Waals surface area contributed by atoms with Crippen LogP contribution in [0.2, 0.25) is 0 Å². The van der Waals surface area contributed by atoms with Gasteiger partial charge in [0.25, 0.3) is 17.7 Å². The standard InChI is InChI=1S/C98H160N18O31/c1-20-58(8)83(70(145-18)45-75(127)115-43-28-32-65(115)89(146-19)59(9)91(137)102-60(10)84(132)61-29-23-21-24-30-61)112(16)95(141)81(56(4)5)106-94(140)82(57(6)7)113(17)98(144)147-90(62-34-36-63(37-35-62)103-92(138)64(31-27-40-101-97(99)143)104-93(139)80(55(2)3)105-71(123)33-25-22-26-42-116-73(125)38-39-74(116)126)96(142)111(15)52-79(131)110(14)51-78(130)109(13)50-77(129)108(12)49-76(128)107(11)48-72(124)100-41-44-114(46-66(119)85(133)87(135)68(121)53-117)47-67(120)86(134)88(136)69(122)54-118/h21,23-24,29-30,34-39,55-60,64-70,80-90,117-122,132-136H,20,22,25-28,31-33,40-54H2,1-19H3,(H,100,124)(H,102,137)(H,103,138)(H,104,139)(H,105,123)(H,106,140)(H3,99,101,143)/t58-,59+,60+,64-,65-,66-,67-,68+,69+,70+,80-,81-,82-,83-,84+,85+,86+,87+,88+,89+,90?/m0/s1. The van der Waals surface area contributed by atoms with Gasteiger partial charge in [-0.05, 0) is 86.8 Å². The number of methoxy groups -OCH3 is 2. The molecule has 49 heteroatoms. The van der Waals surface area contributed by atoms with Gasteiger partial charge in [-0.25, -0.2) is 9.59 Å². The number of aliphatic hydroxyl groups is 11. The van der Waals surface area contributed by atoms with Crippen LogP contribution in [0.5, 0.6) is 0 Å². The fourth-order valence-electron chi connectivity index (χ4n) is 17.0. The maximum atomic E-state index is 15.3. The second-order valence-corrected chi connectivity index (χ2v) is 38.8. The van der Waals surface area contributed by atoms with Crippen molar-refractivity contribution in [1.29, 1.82) is 0 Å². The molecule has 2 heterocycles. The number of aliphatic hydroxyl groups excluding tert-OH is 11. The fraction of sp³-hybridized carbons (Fsp3) is 0.684. The lowest BCUT2D eigenvalue weighted by Crippen LogP contribution is -2.60. The van der Waals surface area contributed by atoms with Crippen molar-refractivity contribution < 1.29 is 152 Å². The molecule has 0 bridgehead atoms. The van der Waals surface area contributed by atoms with Crippen molar-refractivity contribution in [2.24, 2.45) is 35.3 Å². The Hall–Kier alpha value is -11.6. The van der Waals surface area contributed by atoms with Crippen LogP contribution in [0.1, 0.15) is 157 Å². The molecule has 0 radical (unpaired) electrons. The average molecular weight is 2090 g/mol. The van der Waals surface area contributed by atoms with Crippen molar-refractivity contribution in [1.82, 2.24) is 80.9 Å². The summed E-state index contributed by atoms with van der Waals surface area (Å²) in [6, 6.07) is 5.88. The minimum Gasteiger partial charge on any atom is -0.431 e. The third kappa shape index (κ3) is 39.4. The minimum absolute atomic E-state index is 0.0265. The number of anilines is 1. The van der Waals surface area contributed by atoms with Crippen LogP contribution < -0.4 is 43.0 Å². The number of imide groups is 1. The van der Waals surface area contributed by atoms with Crippen molar-refractivity contribution in [3.05, 3.63) is 77.9 Å². The number of carbonyl (C=O) groups excluding carboxylic acids is 17. The van der Waals surface area contributed by atoms with Gasteiger partial charge < -0.3 is 148 Å². The Morgan fingerprint density at radius 1 is 0.517 bits per heavy atom. The number of nitrogens with one attached hydrogen (secondary N) is 7. The van der Waals surface area contributed by atoms with Crippen LogP contribution in [0.25, 0.3) is 0 Å². The largest absolute Gasteiger partial charge is 0.431 e. The summed E-state index contributed by atoms with van der Waals surface area (Å²) in [6.45, 7) is 10.2. The van der Waals surface area contributed by atoms with Gasteiger partial charge in [0.2, 0.25) is 77.0 Å². The predicted molar refractivity (Wildman–Crippen MR) is 532 cm³/mol. The lowest BCUT2D eigenvalue weighted by molar-refractivity contribution is -0.148. The number of rotatable bonds is 64. The molecule has 0 aromatic heterocycles. The van der Waals surface area contributed by atoms with E-state index in [2.05, 4.69) is 37.2 Å². The topological polar surface area (TPSA) is 683 Å². The number of carbonyl (C=O) groups is 17. The molecule has 0 aliphatic carbocycles. The van der Waals surface area contributed by atoms with Crippen LogP contribution in [0, 0.1) is 29.6 Å². The zero-order valence-electron chi connectivity index (χ0n) is 87.8. The third-order valence-corrected chi connectivity index (χ3v) is 26.3. The number of nitrogens with two attached hydrogens (primary N) is 1. The van der Waals surface area contributed by atoms with Crippen LogP contribution in [0.15, 0.2) is 66.7 Å². The first-order valence-electron chi connectivity index (χ1n) is 49.4. The summed E-state index contributed by atoms with van der Waals surface area (Å²) >= 11 is 0. The van der Waals surface area contributed by atoms with Gasteiger partial charge >= 0.3 is 12.1 Å². The molecule has 4 rings (SSSR count). The highest BCUT2D eigenvalue weighted by Crippen LogP contribution is 2.32. The van der Waals surface area contributed by atoms with Crippen molar-refractivity contribution in [3.63, 3.8) is 0 Å². The number of amides is 18. The van der Waals surface area contributed by atoms with E-state index in [4.69, 9.17) is 19.9 Å². The summed E-state index contributed by atoms with van der Waals surface area (Å²) in [4.78, 5) is 246. The summed E-state index contributed by atoms with van der Waals surface area (Å²) in [5, 5.41) is 131. The van der Waals surface area contributed by atoms with Gasteiger partial charge in [0.05, 0.1) is 107 Å².